The van der Waals surface area contributed by atoms with Crippen molar-refractivity contribution in [1.29, 1.82) is 0 Å². The monoisotopic (exact) mass is 1090 g/mol. The van der Waals surface area contributed by atoms with Gasteiger partial charge in [-0.25, -0.2) is 0 Å². The minimum absolute atomic E-state index is 0.0357. The number of carbonyl (C=O) groups excluding carboxylic acids is 2. The van der Waals surface area contributed by atoms with E-state index in [4.69, 9.17) is 18.5 Å². The second-order valence-corrected chi connectivity index (χ2v) is 24.9. The standard InChI is InChI=1S/C66H126NO8P/c1-6-8-10-12-14-16-18-20-21-22-23-24-25-26-27-28-29-30-31-32-33-34-35-36-37-38-39-40-41-42-43-44-45-47-48-50-52-54-56-58-65(68)72-62-64(63-74-76(70,71)73-61-60-67(3,4)5)75-66(69)59-57-55-53-51-49-46-19-17-15-13-11-9-7-2/h9,11,15,17,46,49,64H,6-8,10,12-14,16,18-45,47-48,50-63H2,1-5H3/b11-9-,17-15-,49-46-. The average molecular weight is 1090 g/mol. The Kier molecular flexibility index (Phi) is 56.6. The molecule has 0 saturated carbocycles. The Balaban J connectivity index is 3.82. The van der Waals surface area contributed by atoms with E-state index < -0.39 is 26.5 Å². The highest BCUT2D eigenvalue weighted by atomic mass is 31.2. The van der Waals surface area contributed by atoms with Crippen LogP contribution in [-0.4, -0.2) is 70.0 Å². The molecule has 0 aliphatic carbocycles. The molecule has 0 rings (SSSR count). The largest absolute Gasteiger partial charge is 0.756 e. The molecule has 0 aromatic carbocycles. The van der Waals surface area contributed by atoms with Crippen molar-refractivity contribution in [2.75, 3.05) is 47.5 Å². The number of hydrogen-bond donors (Lipinski definition) is 0. The lowest BCUT2D eigenvalue weighted by Gasteiger charge is -2.28. The molecule has 0 aliphatic rings. The summed E-state index contributed by atoms with van der Waals surface area (Å²) in [6, 6.07) is 0. The van der Waals surface area contributed by atoms with Crippen molar-refractivity contribution < 1.29 is 42.1 Å². The highest BCUT2D eigenvalue weighted by Crippen LogP contribution is 2.38. The van der Waals surface area contributed by atoms with Crippen molar-refractivity contribution in [1.82, 2.24) is 0 Å². The fourth-order valence-corrected chi connectivity index (χ4v) is 10.4. The van der Waals surface area contributed by atoms with Gasteiger partial charge in [-0.15, -0.1) is 0 Å². The molecule has 76 heavy (non-hydrogen) atoms. The van der Waals surface area contributed by atoms with Crippen molar-refractivity contribution in [3.63, 3.8) is 0 Å². The van der Waals surface area contributed by atoms with Crippen LogP contribution in [0.25, 0.3) is 0 Å². The molecular formula is C66H126NO8P. The van der Waals surface area contributed by atoms with E-state index in [9.17, 15) is 19.0 Å². The van der Waals surface area contributed by atoms with E-state index in [0.717, 1.165) is 57.8 Å². The minimum Gasteiger partial charge on any atom is -0.756 e. The van der Waals surface area contributed by atoms with Crippen molar-refractivity contribution in [2.45, 2.75) is 328 Å². The summed E-state index contributed by atoms with van der Waals surface area (Å²) in [7, 11) is 1.16. The summed E-state index contributed by atoms with van der Waals surface area (Å²) in [5.74, 6) is -0.856. The molecule has 448 valence electrons. The molecule has 2 atom stereocenters. The average Bonchev–Trinajstić information content (AvgIpc) is 3.38. The van der Waals surface area contributed by atoms with Gasteiger partial charge in [0.05, 0.1) is 27.7 Å². The SMILES string of the molecule is CC/C=C\C/C=C\C/C=C\CCCCCC(=O)OC(COC(=O)CCCCCCCCCCCCCCCCCCCCCCCCCCCCCCCCCCCCCCCCC)COP(=O)([O-])OCC[N+](C)(C)C. The fourth-order valence-electron chi connectivity index (χ4n) is 9.68. The van der Waals surface area contributed by atoms with Crippen LogP contribution in [0.2, 0.25) is 0 Å². The quantitative estimate of drug-likeness (QED) is 0.0195. The molecule has 0 aliphatic heterocycles. The van der Waals surface area contributed by atoms with Gasteiger partial charge >= 0.3 is 11.9 Å². The zero-order valence-electron chi connectivity index (χ0n) is 51.0. The molecule has 0 bridgehead atoms. The van der Waals surface area contributed by atoms with Crippen LogP contribution < -0.4 is 4.89 Å². The lowest BCUT2D eigenvalue weighted by molar-refractivity contribution is -0.870. The van der Waals surface area contributed by atoms with E-state index in [1.165, 1.54) is 231 Å². The number of ether oxygens (including phenoxy) is 2. The number of likely N-dealkylation sites (N-methyl/N-ethyl adjacent to an activating group) is 1. The van der Waals surface area contributed by atoms with Crippen LogP contribution in [0, 0.1) is 0 Å². The Hall–Kier alpha value is -1.77. The number of quaternary nitrogens is 1. The van der Waals surface area contributed by atoms with Gasteiger partial charge < -0.3 is 27.9 Å². The molecule has 0 radical (unpaired) electrons. The summed E-state index contributed by atoms with van der Waals surface area (Å²) in [5, 5.41) is 0. The molecule has 0 fully saturated rings. The third-order valence-electron chi connectivity index (χ3n) is 14.7. The Morgan fingerprint density at radius 3 is 1.12 bits per heavy atom. The molecule has 0 aromatic heterocycles. The van der Waals surface area contributed by atoms with E-state index >= 15 is 0 Å². The van der Waals surface area contributed by atoms with Crippen LogP contribution in [0.3, 0.4) is 0 Å². The van der Waals surface area contributed by atoms with E-state index in [1.807, 2.05) is 21.1 Å². The molecule has 2 unspecified atom stereocenters. The number of unbranched alkanes of at least 4 members (excludes halogenated alkanes) is 41. The topological polar surface area (TPSA) is 111 Å². The van der Waals surface area contributed by atoms with Crippen LogP contribution >= 0.6 is 7.82 Å². The summed E-state index contributed by atoms with van der Waals surface area (Å²) in [6.07, 6.45) is 72.7. The van der Waals surface area contributed by atoms with Gasteiger partial charge in [-0.2, -0.15) is 0 Å². The van der Waals surface area contributed by atoms with Crippen LogP contribution in [-0.2, 0) is 32.7 Å². The number of carbonyl (C=O) groups is 2. The Bertz CT molecular complexity index is 1380. The number of nitrogens with zero attached hydrogens (tertiary/aromatic N) is 1. The Morgan fingerprint density at radius 2 is 0.750 bits per heavy atom. The van der Waals surface area contributed by atoms with E-state index in [1.54, 1.807) is 0 Å². The van der Waals surface area contributed by atoms with Crippen molar-refractivity contribution >= 4 is 19.8 Å². The summed E-state index contributed by atoms with van der Waals surface area (Å²) in [6.45, 7) is 4.12. The first-order valence-corrected chi connectivity index (χ1v) is 34.2. The summed E-state index contributed by atoms with van der Waals surface area (Å²) in [5.41, 5.74) is 0. The predicted octanol–water partition coefficient (Wildman–Crippen LogP) is 20.1. The van der Waals surface area contributed by atoms with Gasteiger partial charge in [-0.1, -0.05) is 301 Å². The van der Waals surface area contributed by atoms with E-state index in [2.05, 4.69) is 50.3 Å². The molecular weight excluding hydrogens is 966 g/mol. The first kappa shape index (κ1) is 74.2. The van der Waals surface area contributed by atoms with Crippen LogP contribution in [0.1, 0.15) is 322 Å². The van der Waals surface area contributed by atoms with Crippen molar-refractivity contribution in [2.24, 2.45) is 0 Å². The normalized spacial score (nSPS) is 13.4. The first-order chi connectivity index (χ1) is 37.0. The Morgan fingerprint density at radius 1 is 0.421 bits per heavy atom. The zero-order valence-corrected chi connectivity index (χ0v) is 51.9. The van der Waals surface area contributed by atoms with E-state index in [-0.39, 0.29) is 32.0 Å². The molecule has 0 N–H and O–H groups in total. The first-order valence-electron chi connectivity index (χ1n) is 32.7. The van der Waals surface area contributed by atoms with Gasteiger partial charge in [0.25, 0.3) is 7.82 Å². The number of allylic oxidation sites excluding steroid dienone is 6. The second-order valence-electron chi connectivity index (χ2n) is 23.5. The zero-order chi connectivity index (χ0) is 55.6. The molecule has 0 aromatic rings. The molecule has 0 heterocycles. The smallest absolute Gasteiger partial charge is 0.306 e. The van der Waals surface area contributed by atoms with Gasteiger partial charge in [0.15, 0.2) is 6.10 Å². The lowest BCUT2D eigenvalue weighted by atomic mass is 10.0. The molecule has 0 amide bonds. The predicted molar refractivity (Wildman–Crippen MR) is 324 cm³/mol. The number of rotatable bonds is 61. The maximum Gasteiger partial charge on any atom is 0.306 e. The highest BCUT2D eigenvalue weighted by molar-refractivity contribution is 7.45. The van der Waals surface area contributed by atoms with Crippen molar-refractivity contribution in [3.05, 3.63) is 36.5 Å². The molecule has 0 spiro atoms. The molecule has 10 heteroatoms. The van der Waals surface area contributed by atoms with Gasteiger partial charge in [-0.05, 0) is 44.9 Å². The highest BCUT2D eigenvalue weighted by Gasteiger charge is 2.22. The maximum absolute atomic E-state index is 12.7. The maximum atomic E-state index is 12.7. The van der Waals surface area contributed by atoms with Gasteiger partial charge in [0.2, 0.25) is 0 Å². The summed E-state index contributed by atoms with van der Waals surface area (Å²) >= 11 is 0. The van der Waals surface area contributed by atoms with Gasteiger partial charge in [0.1, 0.15) is 19.8 Å². The van der Waals surface area contributed by atoms with Crippen LogP contribution in [0.5, 0.6) is 0 Å². The summed E-state index contributed by atoms with van der Waals surface area (Å²) in [4.78, 5) is 37.8. The number of phosphoric acid groups is 1. The number of hydrogen-bond acceptors (Lipinski definition) is 8. The number of esters is 2. The number of phosphoric ester groups is 1. The minimum atomic E-state index is -4.64. The van der Waals surface area contributed by atoms with Gasteiger partial charge in [0, 0.05) is 12.8 Å². The Labute approximate surface area is 471 Å². The van der Waals surface area contributed by atoms with E-state index in [0.29, 0.717) is 17.4 Å². The second kappa shape index (κ2) is 57.9. The lowest BCUT2D eigenvalue weighted by Crippen LogP contribution is -2.37. The third kappa shape index (κ3) is 61.4. The van der Waals surface area contributed by atoms with Crippen LogP contribution in [0.4, 0.5) is 0 Å². The fraction of sp³-hybridized carbons (Fsp3) is 0.879. The van der Waals surface area contributed by atoms with Crippen LogP contribution in [0.15, 0.2) is 36.5 Å². The van der Waals surface area contributed by atoms with Gasteiger partial charge in [-0.3, -0.25) is 14.2 Å². The third-order valence-corrected chi connectivity index (χ3v) is 15.6. The molecule has 0 saturated heterocycles. The van der Waals surface area contributed by atoms with Crippen molar-refractivity contribution in [3.8, 4) is 0 Å². The summed E-state index contributed by atoms with van der Waals surface area (Å²) < 4.78 is 34.1. The molecule has 9 nitrogen and oxygen atoms in total.